The van der Waals surface area contributed by atoms with Crippen molar-refractivity contribution in [1.82, 2.24) is 0 Å². The van der Waals surface area contributed by atoms with Crippen molar-refractivity contribution in [3.63, 3.8) is 0 Å². The third kappa shape index (κ3) is 3.23. The normalized spacial score (nSPS) is 52.7. The fourth-order valence-electron chi connectivity index (χ4n) is 11.5. The average Bonchev–Trinajstić information content (AvgIpc) is 3.45. The maximum atomic E-state index is 12.5. The molecule has 5 aliphatic carbocycles. The zero-order chi connectivity index (χ0) is 28.3. The predicted molar refractivity (Wildman–Crippen MR) is 143 cm³/mol. The van der Waals surface area contributed by atoms with Crippen LogP contribution in [0.25, 0.3) is 0 Å². The Morgan fingerprint density at radius 1 is 0.921 bits per heavy atom. The van der Waals surface area contributed by atoms with Crippen LogP contribution in [0.5, 0.6) is 0 Å². The minimum absolute atomic E-state index is 0.0465. The molecule has 6 N–H and O–H groups in total. The van der Waals surface area contributed by atoms with Crippen molar-refractivity contribution in [2.75, 3.05) is 6.61 Å². The summed E-state index contributed by atoms with van der Waals surface area (Å²) >= 11 is 0. The van der Waals surface area contributed by atoms with Crippen LogP contribution >= 0.6 is 0 Å². The van der Waals surface area contributed by atoms with Gasteiger partial charge in [-0.25, -0.2) is 0 Å². The van der Waals surface area contributed by atoms with Crippen LogP contribution in [0.1, 0.15) is 106 Å². The molecule has 38 heavy (non-hydrogen) atoms. The van der Waals surface area contributed by atoms with E-state index in [4.69, 9.17) is 0 Å². The van der Waals surface area contributed by atoms with Crippen molar-refractivity contribution in [2.45, 2.75) is 129 Å². The lowest BCUT2D eigenvalue weighted by molar-refractivity contribution is -0.214. The van der Waals surface area contributed by atoms with E-state index in [1.807, 2.05) is 20.8 Å². The van der Waals surface area contributed by atoms with Gasteiger partial charge in [0.25, 0.3) is 0 Å². The Morgan fingerprint density at radius 2 is 1.55 bits per heavy atom. The van der Waals surface area contributed by atoms with Crippen molar-refractivity contribution in [3.8, 4) is 0 Å². The zero-order valence-electron chi connectivity index (χ0n) is 24.3. The SMILES string of the molecule is CC(C)[C@](O)(CO)CC[C@](C)(O)[C@H]1CC[C@@]2(C)[C@@H]3CC[C@H]4[C@](C)(C(=O)O)[C@@H](O)C[C@H](O)[C@@]45C[C@@]35CC[C@]12C. The van der Waals surface area contributed by atoms with Crippen LogP contribution in [0.2, 0.25) is 0 Å². The van der Waals surface area contributed by atoms with Gasteiger partial charge < -0.3 is 30.6 Å². The van der Waals surface area contributed by atoms with Crippen molar-refractivity contribution in [2.24, 2.45) is 50.7 Å². The van der Waals surface area contributed by atoms with E-state index in [2.05, 4.69) is 13.8 Å². The van der Waals surface area contributed by atoms with Gasteiger partial charge in [0.05, 0.1) is 35.4 Å². The zero-order valence-corrected chi connectivity index (χ0v) is 24.3. The second-order valence-electron chi connectivity index (χ2n) is 15.6. The summed E-state index contributed by atoms with van der Waals surface area (Å²) in [7, 11) is 0. The number of hydrogen-bond donors (Lipinski definition) is 6. The van der Waals surface area contributed by atoms with Crippen LogP contribution in [0, 0.1) is 50.7 Å². The molecule has 0 amide bonds. The molecule has 0 heterocycles. The predicted octanol–water partition coefficient (Wildman–Crippen LogP) is 3.73. The van der Waals surface area contributed by atoms with Gasteiger partial charge >= 0.3 is 5.97 Å². The van der Waals surface area contributed by atoms with Crippen LogP contribution in [0.15, 0.2) is 0 Å². The van der Waals surface area contributed by atoms with Gasteiger partial charge in [-0.05, 0) is 112 Å². The van der Waals surface area contributed by atoms with E-state index >= 15 is 0 Å². The summed E-state index contributed by atoms with van der Waals surface area (Å²) in [6.07, 6.45) is 5.34. The summed E-state index contributed by atoms with van der Waals surface area (Å²) in [4.78, 5) is 12.5. The fraction of sp³-hybridized carbons (Fsp3) is 0.968. The van der Waals surface area contributed by atoms with E-state index < -0.39 is 40.2 Å². The molecule has 0 aliphatic heterocycles. The highest BCUT2D eigenvalue weighted by Gasteiger charge is 2.86. The first-order chi connectivity index (χ1) is 17.4. The van der Waals surface area contributed by atoms with Crippen molar-refractivity contribution < 1.29 is 35.4 Å². The first-order valence-corrected chi connectivity index (χ1v) is 15.1. The van der Waals surface area contributed by atoms with Gasteiger partial charge in [-0.3, -0.25) is 4.79 Å². The van der Waals surface area contributed by atoms with Crippen molar-refractivity contribution in [3.05, 3.63) is 0 Å². The fourth-order valence-corrected chi connectivity index (χ4v) is 11.5. The van der Waals surface area contributed by atoms with Crippen molar-refractivity contribution in [1.29, 1.82) is 0 Å². The molecule has 5 saturated carbocycles. The molecule has 2 spiro atoms. The lowest BCUT2D eigenvalue weighted by Gasteiger charge is -2.64. The van der Waals surface area contributed by atoms with E-state index in [1.54, 1.807) is 6.92 Å². The molecule has 7 nitrogen and oxygen atoms in total. The van der Waals surface area contributed by atoms with Crippen LogP contribution in [0.4, 0.5) is 0 Å². The molecule has 7 heteroatoms. The average molecular weight is 537 g/mol. The quantitative estimate of drug-likeness (QED) is 0.291. The molecule has 12 atom stereocenters. The van der Waals surface area contributed by atoms with Gasteiger partial charge in [-0.15, -0.1) is 0 Å². The highest BCUT2D eigenvalue weighted by molar-refractivity contribution is 5.76. The molecule has 5 rings (SSSR count). The maximum absolute atomic E-state index is 12.5. The number of carbonyl (C=O) groups is 1. The Bertz CT molecular complexity index is 981. The highest BCUT2D eigenvalue weighted by Crippen LogP contribution is 2.89. The molecule has 5 fully saturated rings. The monoisotopic (exact) mass is 536 g/mol. The largest absolute Gasteiger partial charge is 0.481 e. The number of aliphatic hydroxyl groups is 5. The number of carboxylic acids is 1. The Hall–Kier alpha value is -0.730. The molecule has 0 saturated heterocycles. The number of aliphatic carboxylic acids is 1. The maximum Gasteiger partial charge on any atom is 0.312 e. The molecule has 0 aromatic heterocycles. The summed E-state index contributed by atoms with van der Waals surface area (Å²) in [6.45, 7) is 11.8. The van der Waals surface area contributed by atoms with Crippen molar-refractivity contribution >= 4 is 5.97 Å². The number of hydrogen-bond acceptors (Lipinski definition) is 6. The molecule has 5 aliphatic rings. The minimum Gasteiger partial charge on any atom is -0.481 e. The number of carboxylic acid groups (broad SMARTS) is 1. The first kappa shape index (κ1) is 28.8. The van der Waals surface area contributed by atoms with E-state index in [-0.39, 0.29) is 47.0 Å². The summed E-state index contributed by atoms with van der Waals surface area (Å²) in [5.74, 6) is -0.890. The molecule has 0 radical (unpaired) electrons. The lowest BCUT2D eigenvalue weighted by atomic mass is 9.41. The molecule has 0 aromatic carbocycles. The Kier molecular flexibility index (Phi) is 6.37. The second kappa shape index (κ2) is 8.40. The van der Waals surface area contributed by atoms with Crippen LogP contribution < -0.4 is 0 Å². The van der Waals surface area contributed by atoms with E-state index in [1.165, 1.54) is 0 Å². The van der Waals surface area contributed by atoms with Gasteiger partial charge in [0.2, 0.25) is 0 Å². The highest BCUT2D eigenvalue weighted by atomic mass is 16.4. The standard InChI is InChI=1S/C31H52O7/c1-18(2)30(38,17-32)14-12-27(5,37)19-9-10-25(3)20-7-8-21-28(6,24(35)36)22(33)15-23(34)31(21)16-29(20,31)13-11-26(19,25)4/h18-23,32-34,37-38H,7-17H2,1-6H3,(H,35,36)/t19-,20-,21-,22-,23-,25-,26+,27-,28-,29-,30+,31+/m0/s1. The Labute approximate surface area is 228 Å². The Balaban J connectivity index is 1.44. The molecule has 0 bridgehead atoms. The van der Waals surface area contributed by atoms with Gasteiger partial charge in [0.1, 0.15) is 0 Å². The van der Waals surface area contributed by atoms with Crippen LogP contribution in [-0.4, -0.2) is 66.6 Å². The van der Waals surface area contributed by atoms with E-state index in [0.717, 1.165) is 38.5 Å². The van der Waals surface area contributed by atoms with Gasteiger partial charge in [-0.2, -0.15) is 0 Å². The van der Waals surface area contributed by atoms with Gasteiger partial charge in [-0.1, -0.05) is 27.7 Å². The third-order valence-electron chi connectivity index (χ3n) is 14.4. The van der Waals surface area contributed by atoms with Gasteiger partial charge in [0.15, 0.2) is 0 Å². The smallest absolute Gasteiger partial charge is 0.312 e. The molecule has 0 unspecified atom stereocenters. The van der Waals surface area contributed by atoms with Gasteiger partial charge in [0, 0.05) is 11.8 Å². The first-order valence-electron chi connectivity index (χ1n) is 15.1. The summed E-state index contributed by atoms with van der Waals surface area (Å²) in [6, 6.07) is 0. The van der Waals surface area contributed by atoms with E-state index in [9.17, 15) is 35.4 Å². The summed E-state index contributed by atoms with van der Waals surface area (Å²) in [5.41, 5.74) is -4.14. The third-order valence-corrected chi connectivity index (χ3v) is 14.4. The van der Waals surface area contributed by atoms with E-state index in [0.29, 0.717) is 25.2 Å². The second-order valence-corrected chi connectivity index (χ2v) is 15.6. The summed E-state index contributed by atoms with van der Waals surface area (Å²) < 4.78 is 0. The Morgan fingerprint density at radius 3 is 2.13 bits per heavy atom. The number of aliphatic hydroxyl groups excluding tert-OH is 3. The molecule has 0 aromatic rings. The summed E-state index contributed by atoms with van der Waals surface area (Å²) in [5, 5.41) is 65.3. The number of rotatable bonds is 7. The minimum atomic E-state index is -1.24. The lowest BCUT2D eigenvalue weighted by Crippen LogP contribution is -2.63. The van der Waals surface area contributed by atoms with Crippen LogP contribution in [0.3, 0.4) is 0 Å². The molecule has 218 valence electrons. The molecular formula is C31H52O7. The molecular weight excluding hydrogens is 484 g/mol. The number of fused-ring (bicyclic) bond motifs is 2. The topological polar surface area (TPSA) is 138 Å². The van der Waals surface area contributed by atoms with Crippen LogP contribution in [-0.2, 0) is 4.79 Å².